The molecule has 2 fully saturated rings. The van der Waals surface area contributed by atoms with E-state index in [0.717, 1.165) is 31.5 Å². The fourth-order valence-electron chi connectivity index (χ4n) is 4.09. The number of rotatable bonds is 6. The summed E-state index contributed by atoms with van der Waals surface area (Å²) in [7, 11) is 0. The summed E-state index contributed by atoms with van der Waals surface area (Å²) < 4.78 is 13.2. The number of hydrogen-bond donors (Lipinski definition) is 1. The van der Waals surface area contributed by atoms with Crippen molar-refractivity contribution in [3.8, 4) is 0 Å². The molecule has 136 valence electrons. The summed E-state index contributed by atoms with van der Waals surface area (Å²) in [5, 5.41) is 3.20. The summed E-state index contributed by atoms with van der Waals surface area (Å²) >= 11 is 0. The lowest BCUT2D eigenvalue weighted by molar-refractivity contribution is -0.123. The summed E-state index contributed by atoms with van der Waals surface area (Å²) in [6.45, 7) is 2.78. The SMILES string of the molecule is O=C(NC[C@H](c1ccccc1)N1CCCC1)C1(c2ccc(F)cc2)CC1. The van der Waals surface area contributed by atoms with Gasteiger partial charge < -0.3 is 5.32 Å². The second-order valence-electron chi connectivity index (χ2n) is 7.47. The van der Waals surface area contributed by atoms with E-state index in [1.54, 1.807) is 12.1 Å². The Hall–Kier alpha value is -2.20. The molecule has 1 heterocycles. The van der Waals surface area contributed by atoms with Crippen LogP contribution in [0, 0.1) is 5.82 Å². The molecule has 1 atom stereocenters. The number of benzene rings is 2. The van der Waals surface area contributed by atoms with Crippen LogP contribution in [0.2, 0.25) is 0 Å². The average Bonchev–Trinajstić information content (AvgIpc) is 3.31. The Morgan fingerprint density at radius 2 is 1.69 bits per heavy atom. The number of halogens is 1. The molecule has 0 bridgehead atoms. The highest BCUT2D eigenvalue weighted by Gasteiger charge is 2.51. The van der Waals surface area contributed by atoms with Crippen LogP contribution in [0.1, 0.15) is 42.9 Å². The van der Waals surface area contributed by atoms with Gasteiger partial charge in [0.15, 0.2) is 0 Å². The van der Waals surface area contributed by atoms with Crippen molar-refractivity contribution in [3.63, 3.8) is 0 Å². The van der Waals surface area contributed by atoms with Gasteiger partial charge in [0.2, 0.25) is 5.91 Å². The molecule has 2 aliphatic rings. The highest BCUT2D eigenvalue weighted by Crippen LogP contribution is 2.48. The molecule has 2 aromatic carbocycles. The van der Waals surface area contributed by atoms with E-state index >= 15 is 0 Å². The molecule has 2 aromatic rings. The third-order valence-corrected chi connectivity index (χ3v) is 5.80. The number of carbonyl (C=O) groups is 1. The predicted molar refractivity (Wildman–Crippen MR) is 100 cm³/mol. The van der Waals surface area contributed by atoms with E-state index in [2.05, 4.69) is 34.5 Å². The first-order valence-corrected chi connectivity index (χ1v) is 9.52. The van der Waals surface area contributed by atoms with Gasteiger partial charge in [-0.3, -0.25) is 9.69 Å². The molecule has 1 saturated heterocycles. The Morgan fingerprint density at radius 1 is 1.04 bits per heavy atom. The molecule has 4 rings (SSSR count). The summed E-state index contributed by atoms with van der Waals surface area (Å²) in [5.41, 5.74) is 1.72. The number of nitrogens with zero attached hydrogens (tertiary/aromatic N) is 1. The monoisotopic (exact) mass is 352 g/mol. The average molecular weight is 352 g/mol. The van der Waals surface area contributed by atoms with Crippen LogP contribution in [0.25, 0.3) is 0 Å². The van der Waals surface area contributed by atoms with Gasteiger partial charge in [0.1, 0.15) is 5.82 Å². The van der Waals surface area contributed by atoms with Crippen molar-refractivity contribution in [3.05, 3.63) is 71.5 Å². The summed E-state index contributed by atoms with van der Waals surface area (Å²) in [4.78, 5) is 15.4. The highest BCUT2D eigenvalue weighted by molar-refractivity contribution is 5.91. The summed E-state index contributed by atoms with van der Waals surface area (Å²) in [5.74, 6) is -0.188. The topological polar surface area (TPSA) is 32.3 Å². The van der Waals surface area contributed by atoms with E-state index in [-0.39, 0.29) is 17.8 Å². The van der Waals surface area contributed by atoms with Crippen LogP contribution >= 0.6 is 0 Å². The molecular weight excluding hydrogens is 327 g/mol. The molecule has 0 aromatic heterocycles. The molecule has 1 saturated carbocycles. The third kappa shape index (κ3) is 3.38. The smallest absolute Gasteiger partial charge is 0.230 e. The van der Waals surface area contributed by atoms with Crippen molar-refractivity contribution < 1.29 is 9.18 Å². The molecule has 26 heavy (non-hydrogen) atoms. The Kier molecular flexibility index (Phi) is 4.77. The van der Waals surface area contributed by atoms with Gasteiger partial charge in [-0.25, -0.2) is 4.39 Å². The lowest BCUT2D eigenvalue weighted by Gasteiger charge is -2.29. The van der Waals surface area contributed by atoms with Gasteiger partial charge >= 0.3 is 0 Å². The Labute approximate surface area is 154 Å². The summed E-state index contributed by atoms with van der Waals surface area (Å²) in [6, 6.07) is 17.0. The van der Waals surface area contributed by atoms with Crippen molar-refractivity contribution >= 4 is 5.91 Å². The van der Waals surface area contributed by atoms with E-state index in [9.17, 15) is 9.18 Å². The molecule has 1 aliphatic carbocycles. The molecule has 1 N–H and O–H groups in total. The van der Waals surface area contributed by atoms with Crippen molar-refractivity contribution in [2.45, 2.75) is 37.1 Å². The first-order chi connectivity index (χ1) is 12.7. The Morgan fingerprint density at radius 3 is 2.31 bits per heavy atom. The minimum Gasteiger partial charge on any atom is -0.353 e. The number of nitrogens with one attached hydrogen (secondary N) is 1. The van der Waals surface area contributed by atoms with Crippen LogP contribution in [-0.4, -0.2) is 30.4 Å². The minimum absolute atomic E-state index is 0.0734. The molecule has 3 nitrogen and oxygen atoms in total. The number of hydrogen-bond acceptors (Lipinski definition) is 2. The molecule has 1 amide bonds. The van der Waals surface area contributed by atoms with E-state index in [4.69, 9.17) is 0 Å². The second kappa shape index (κ2) is 7.20. The van der Waals surface area contributed by atoms with Gasteiger partial charge in [-0.1, -0.05) is 42.5 Å². The van der Waals surface area contributed by atoms with Crippen LogP contribution in [-0.2, 0) is 10.2 Å². The molecule has 0 radical (unpaired) electrons. The lowest BCUT2D eigenvalue weighted by atomic mass is 9.94. The first kappa shape index (κ1) is 17.2. The zero-order valence-corrected chi connectivity index (χ0v) is 15.0. The van der Waals surface area contributed by atoms with Gasteiger partial charge in [-0.05, 0) is 62.0 Å². The standard InChI is InChI=1S/C22H25FN2O/c23-19-10-8-18(9-11-19)22(12-13-22)21(26)24-16-20(25-14-4-5-15-25)17-6-2-1-3-7-17/h1-3,6-11,20H,4-5,12-16H2,(H,24,26)/t20-/m1/s1. The van der Waals surface area contributed by atoms with E-state index < -0.39 is 5.41 Å². The van der Waals surface area contributed by atoms with Gasteiger partial charge in [-0.2, -0.15) is 0 Å². The molecule has 4 heteroatoms. The Bertz CT molecular complexity index is 749. The first-order valence-electron chi connectivity index (χ1n) is 9.52. The van der Waals surface area contributed by atoms with Crippen LogP contribution in [0.15, 0.2) is 54.6 Å². The van der Waals surface area contributed by atoms with Crippen LogP contribution < -0.4 is 5.32 Å². The molecular formula is C22H25FN2O. The van der Waals surface area contributed by atoms with Crippen LogP contribution in [0.5, 0.6) is 0 Å². The van der Waals surface area contributed by atoms with Crippen molar-refractivity contribution in [1.29, 1.82) is 0 Å². The number of likely N-dealkylation sites (tertiary alicyclic amines) is 1. The fraction of sp³-hybridized carbons (Fsp3) is 0.409. The van der Waals surface area contributed by atoms with Crippen LogP contribution in [0.3, 0.4) is 0 Å². The van der Waals surface area contributed by atoms with E-state index in [1.165, 1.54) is 30.5 Å². The van der Waals surface area contributed by atoms with Gasteiger partial charge in [-0.15, -0.1) is 0 Å². The maximum absolute atomic E-state index is 13.2. The maximum atomic E-state index is 13.2. The lowest BCUT2D eigenvalue weighted by Crippen LogP contribution is -2.41. The van der Waals surface area contributed by atoms with E-state index in [1.807, 2.05) is 6.07 Å². The fourth-order valence-corrected chi connectivity index (χ4v) is 4.09. The predicted octanol–water partition coefficient (Wildman–Crippen LogP) is 3.81. The van der Waals surface area contributed by atoms with Crippen LogP contribution in [0.4, 0.5) is 4.39 Å². The zero-order chi connectivity index (χ0) is 18.0. The molecule has 0 spiro atoms. The van der Waals surface area contributed by atoms with Gasteiger partial charge in [0.25, 0.3) is 0 Å². The zero-order valence-electron chi connectivity index (χ0n) is 15.0. The van der Waals surface area contributed by atoms with E-state index in [0.29, 0.717) is 6.54 Å². The normalized spacial score (nSPS) is 19.9. The van der Waals surface area contributed by atoms with Crippen molar-refractivity contribution in [1.82, 2.24) is 10.2 Å². The van der Waals surface area contributed by atoms with Crippen molar-refractivity contribution in [2.75, 3.05) is 19.6 Å². The largest absolute Gasteiger partial charge is 0.353 e. The Balaban J connectivity index is 1.47. The second-order valence-corrected chi connectivity index (χ2v) is 7.47. The van der Waals surface area contributed by atoms with Gasteiger partial charge in [0.05, 0.1) is 11.5 Å². The van der Waals surface area contributed by atoms with Crippen molar-refractivity contribution in [2.24, 2.45) is 0 Å². The highest BCUT2D eigenvalue weighted by atomic mass is 19.1. The summed E-state index contributed by atoms with van der Waals surface area (Å²) in [6.07, 6.45) is 4.11. The third-order valence-electron chi connectivity index (χ3n) is 5.80. The molecule has 1 aliphatic heterocycles. The number of amides is 1. The maximum Gasteiger partial charge on any atom is 0.230 e. The van der Waals surface area contributed by atoms with Gasteiger partial charge in [0, 0.05) is 6.54 Å². The minimum atomic E-state index is -0.458. The molecule has 0 unspecified atom stereocenters. The quantitative estimate of drug-likeness (QED) is 0.857. The number of carbonyl (C=O) groups excluding carboxylic acids is 1.